The number of rotatable bonds is 1. The van der Waals surface area contributed by atoms with Gasteiger partial charge in [0.15, 0.2) is 0 Å². The van der Waals surface area contributed by atoms with Crippen LogP contribution in [0.3, 0.4) is 0 Å². The van der Waals surface area contributed by atoms with Crippen LogP contribution < -0.4 is 0 Å². The molecular formula is C10H5ClN2S2. The van der Waals surface area contributed by atoms with Crippen LogP contribution in [0.2, 0.25) is 5.02 Å². The monoisotopic (exact) mass is 252 g/mol. The highest BCUT2D eigenvalue weighted by Crippen LogP contribution is 2.36. The molecule has 3 aromatic rings. The van der Waals surface area contributed by atoms with Crippen LogP contribution in [0.15, 0.2) is 29.9 Å². The fourth-order valence-corrected chi connectivity index (χ4v) is 3.36. The third-order valence-corrected chi connectivity index (χ3v) is 4.53. The Morgan fingerprint density at radius 1 is 1.20 bits per heavy atom. The molecule has 0 aliphatic rings. The highest BCUT2D eigenvalue weighted by molar-refractivity contribution is 7.25. The van der Waals surface area contributed by atoms with E-state index in [1.807, 2.05) is 17.5 Å². The number of fused-ring (bicyclic) bond motifs is 1. The summed E-state index contributed by atoms with van der Waals surface area (Å²) in [6.45, 7) is 0. The average molecular weight is 253 g/mol. The Labute approximate surface area is 99.2 Å². The Hall–Kier alpha value is -0.970. The van der Waals surface area contributed by atoms with Gasteiger partial charge in [-0.1, -0.05) is 11.6 Å². The number of hydrogen-bond acceptors (Lipinski definition) is 4. The van der Waals surface area contributed by atoms with Crippen LogP contribution >= 0.6 is 34.3 Å². The molecule has 0 spiro atoms. The molecule has 0 fully saturated rings. The molecule has 0 unspecified atom stereocenters. The topological polar surface area (TPSA) is 25.8 Å². The average Bonchev–Trinajstić information content (AvgIpc) is 2.86. The van der Waals surface area contributed by atoms with E-state index in [4.69, 9.17) is 11.6 Å². The predicted octanol–water partition coefficient (Wildman–Crippen LogP) is 4.07. The number of halogens is 1. The molecule has 3 heterocycles. The summed E-state index contributed by atoms with van der Waals surface area (Å²) in [4.78, 5) is 9.67. The molecule has 0 saturated heterocycles. The van der Waals surface area contributed by atoms with E-state index in [9.17, 15) is 0 Å². The lowest BCUT2D eigenvalue weighted by Crippen LogP contribution is -1.70. The Morgan fingerprint density at radius 3 is 2.87 bits per heavy atom. The molecule has 0 atom stereocenters. The van der Waals surface area contributed by atoms with Gasteiger partial charge in [0.25, 0.3) is 0 Å². The Bertz CT molecular complexity index is 601. The van der Waals surface area contributed by atoms with E-state index in [0.717, 1.165) is 25.1 Å². The standard InChI is InChI=1S/C10H5ClN2S2/c11-6-1-2-12-7-5-8(15-9(6)7)10-13-3-4-14-10/h1-5H. The summed E-state index contributed by atoms with van der Waals surface area (Å²) >= 11 is 9.35. The summed E-state index contributed by atoms with van der Waals surface area (Å²) in [6, 6.07) is 3.84. The molecule has 0 aliphatic heterocycles. The molecule has 15 heavy (non-hydrogen) atoms. The minimum absolute atomic E-state index is 0.757. The first kappa shape index (κ1) is 9.27. The first-order valence-corrected chi connectivity index (χ1v) is 6.36. The van der Waals surface area contributed by atoms with Crippen LogP contribution in [0.5, 0.6) is 0 Å². The fourth-order valence-electron chi connectivity index (χ4n) is 1.36. The Kier molecular flexibility index (Phi) is 2.20. The maximum absolute atomic E-state index is 6.09. The van der Waals surface area contributed by atoms with E-state index >= 15 is 0 Å². The van der Waals surface area contributed by atoms with E-state index in [2.05, 4.69) is 9.97 Å². The van der Waals surface area contributed by atoms with Crippen molar-refractivity contribution in [1.29, 1.82) is 0 Å². The van der Waals surface area contributed by atoms with Crippen LogP contribution in [0, 0.1) is 0 Å². The van der Waals surface area contributed by atoms with Crippen LogP contribution in [0.1, 0.15) is 0 Å². The van der Waals surface area contributed by atoms with Gasteiger partial charge in [-0.05, 0) is 12.1 Å². The molecule has 0 saturated carbocycles. The second-order valence-corrected chi connectivity index (χ2v) is 5.31. The van der Waals surface area contributed by atoms with Crippen molar-refractivity contribution in [3.63, 3.8) is 0 Å². The Balaban J connectivity index is 2.27. The number of thiazole rings is 1. The summed E-state index contributed by atoms with van der Waals surface area (Å²) < 4.78 is 1.03. The van der Waals surface area contributed by atoms with Crippen molar-refractivity contribution in [2.45, 2.75) is 0 Å². The number of thiophene rings is 1. The van der Waals surface area contributed by atoms with Gasteiger partial charge in [-0.25, -0.2) is 4.98 Å². The molecule has 2 nitrogen and oxygen atoms in total. The lowest BCUT2D eigenvalue weighted by Gasteiger charge is -1.88. The molecule has 0 radical (unpaired) electrons. The second kappa shape index (κ2) is 3.56. The van der Waals surface area contributed by atoms with Crippen molar-refractivity contribution in [2.75, 3.05) is 0 Å². The van der Waals surface area contributed by atoms with Crippen molar-refractivity contribution in [3.05, 3.63) is 34.9 Å². The van der Waals surface area contributed by atoms with Gasteiger partial charge in [0.05, 0.1) is 20.1 Å². The van der Waals surface area contributed by atoms with Gasteiger partial charge < -0.3 is 0 Å². The minimum atomic E-state index is 0.757. The zero-order valence-electron chi connectivity index (χ0n) is 7.48. The van der Waals surface area contributed by atoms with Crippen LogP contribution in [0.25, 0.3) is 20.1 Å². The van der Waals surface area contributed by atoms with E-state index < -0.39 is 0 Å². The number of hydrogen-bond donors (Lipinski definition) is 0. The van der Waals surface area contributed by atoms with E-state index in [-0.39, 0.29) is 0 Å². The second-order valence-electron chi connectivity index (χ2n) is 2.96. The molecule has 0 amide bonds. The summed E-state index contributed by atoms with van der Waals surface area (Å²) in [5, 5.41) is 3.75. The molecule has 3 rings (SSSR count). The van der Waals surface area contributed by atoms with Crippen LogP contribution in [-0.2, 0) is 0 Å². The van der Waals surface area contributed by atoms with Crippen LogP contribution in [0.4, 0.5) is 0 Å². The lowest BCUT2D eigenvalue weighted by molar-refractivity contribution is 1.42. The van der Waals surface area contributed by atoms with Crippen molar-refractivity contribution in [3.8, 4) is 9.88 Å². The number of aromatic nitrogens is 2. The van der Waals surface area contributed by atoms with Gasteiger partial charge >= 0.3 is 0 Å². The van der Waals surface area contributed by atoms with Gasteiger partial charge in [-0.15, -0.1) is 22.7 Å². The lowest BCUT2D eigenvalue weighted by atomic mass is 10.4. The molecule has 0 aromatic carbocycles. The van der Waals surface area contributed by atoms with Gasteiger partial charge in [-0.3, -0.25) is 4.98 Å². The minimum Gasteiger partial charge on any atom is -0.255 e. The number of pyridine rings is 1. The summed E-state index contributed by atoms with van der Waals surface area (Å²) in [6.07, 6.45) is 3.53. The first-order chi connectivity index (χ1) is 7.34. The molecular weight excluding hydrogens is 248 g/mol. The first-order valence-electron chi connectivity index (χ1n) is 4.28. The third kappa shape index (κ3) is 1.55. The smallest absolute Gasteiger partial charge is 0.133 e. The highest BCUT2D eigenvalue weighted by atomic mass is 35.5. The van der Waals surface area contributed by atoms with E-state index in [1.165, 1.54) is 0 Å². The molecule has 74 valence electrons. The quantitative estimate of drug-likeness (QED) is 0.652. The summed E-state index contributed by atoms with van der Waals surface area (Å²) in [5.74, 6) is 0. The molecule has 3 aromatic heterocycles. The van der Waals surface area contributed by atoms with Gasteiger partial charge in [0.2, 0.25) is 0 Å². The van der Waals surface area contributed by atoms with Gasteiger partial charge in [0.1, 0.15) is 5.01 Å². The van der Waals surface area contributed by atoms with Crippen molar-refractivity contribution in [2.24, 2.45) is 0 Å². The van der Waals surface area contributed by atoms with Gasteiger partial charge in [0, 0.05) is 17.8 Å². The number of nitrogens with zero attached hydrogens (tertiary/aromatic N) is 2. The van der Waals surface area contributed by atoms with Crippen molar-refractivity contribution < 1.29 is 0 Å². The SMILES string of the molecule is Clc1ccnc2cc(-c3nccs3)sc12. The summed E-state index contributed by atoms with van der Waals surface area (Å²) in [7, 11) is 0. The zero-order chi connectivity index (χ0) is 10.3. The van der Waals surface area contributed by atoms with Crippen LogP contribution in [-0.4, -0.2) is 9.97 Å². The molecule has 0 aliphatic carbocycles. The Morgan fingerprint density at radius 2 is 2.13 bits per heavy atom. The third-order valence-electron chi connectivity index (χ3n) is 2.01. The largest absolute Gasteiger partial charge is 0.255 e. The maximum Gasteiger partial charge on any atom is 0.133 e. The van der Waals surface area contributed by atoms with Gasteiger partial charge in [-0.2, -0.15) is 0 Å². The highest BCUT2D eigenvalue weighted by Gasteiger charge is 2.08. The zero-order valence-corrected chi connectivity index (χ0v) is 9.86. The molecule has 0 N–H and O–H groups in total. The predicted molar refractivity (Wildman–Crippen MR) is 65.7 cm³/mol. The molecule has 0 bridgehead atoms. The van der Waals surface area contributed by atoms with Crippen molar-refractivity contribution >= 4 is 44.5 Å². The summed E-state index contributed by atoms with van der Waals surface area (Å²) in [5.41, 5.74) is 0.942. The fraction of sp³-hybridized carbons (Fsp3) is 0. The maximum atomic E-state index is 6.09. The molecule has 5 heteroatoms. The van der Waals surface area contributed by atoms with E-state index in [0.29, 0.717) is 0 Å². The van der Waals surface area contributed by atoms with E-state index in [1.54, 1.807) is 35.1 Å². The van der Waals surface area contributed by atoms with Crippen molar-refractivity contribution in [1.82, 2.24) is 9.97 Å². The normalized spacial score (nSPS) is 11.0.